The molecule has 1 nitrogen and oxygen atoms in total. The van der Waals surface area contributed by atoms with E-state index in [2.05, 4.69) is 50.2 Å². The fraction of sp³-hybridized carbons (Fsp3) is 0.294. The van der Waals surface area contributed by atoms with Crippen LogP contribution >= 0.6 is 0 Å². The van der Waals surface area contributed by atoms with E-state index >= 15 is 0 Å². The van der Waals surface area contributed by atoms with E-state index in [-0.39, 0.29) is 6.04 Å². The van der Waals surface area contributed by atoms with E-state index in [1.165, 1.54) is 16.7 Å². The first-order valence-electron chi connectivity index (χ1n) is 6.41. The second-order valence-corrected chi connectivity index (χ2v) is 4.75. The minimum atomic E-state index is 0.266. The predicted molar refractivity (Wildman–Crippen MR) is 79.7 cm³/mol. The van der Waals surface area contributed by atoms with Crippen molar-refractivity contribution in [2.75, 3.05) is 0 Å². The highest BCUT2D eigenvalue weighted by Gasteiger charge is 1.94. The average Bonchev–Trinajstić information content (AvgIpc) is 2.34. The summed E-state index contributed by atoms with van der Waals surface area (Å²) < 4.78 is 0. The largest absolute Gasteiger partial charge is 0.328 e. The van der Waals surface area contributed by atoms with E-state index in [4.69, 9.17) is 5.73 Å². The smallest absolute Gasteiger partial charge is 0.00509 e. The van der Waals surface area contributed by atoms with E-state index in [1.54, 1.807) is 0 Å². The van der Waals surface area contributed by atoms with Crippen LogP contribution in [0, 0.1) is 13.8 Å². The lowest BCUT2D eigenvalue weighted by Gasteiger charge is -2.02. The van der Waals surface area contributed by atoms with Crippen LogP contribution in [0.15, 0.2) is 54.6 Å². The normalized spacial score (nSPS) is 11.3. The summed E-state index contributed by atoms with van der Waals surface area (Å²) in [6.07, 6.45) is 0.973. The molecule has 2 aromatic carbocycles. The van der Waals surface area contributed by atoms with Crippen molar-refractivity contribution >= 4 is 0 Å². The zero-order valence-electron chi connectivity index (χ0n) is 11.6. The van der Waals surface area contributed by atoms with Crippen LogP contribution in [-0.2, 0) is 6.42 Å². The monoisotopic (exact) mass is 241 g/mol. The van der Waals surface area contributed by atoms with Gasteiger partial charge in [-0.3, -0.25) is 0 Å². The highest BCUT2D eigenvalue weighted by molar-refractivity contribution is 5.23. The zero-order chi connectivity index (χ0) is 13.4. The van der Waals surface area contributed by atoms with Crippen molar-refractivity contribution in [1.82, 2.24) is 0 Å². The highest BCUT2D eigenvalue weighted by atomic mass is 14.6. The van der Waals surface area contributed by atoms with Gasteiger partial charge in [-0.05, 0) is 43.9 Å². The van der Waals surface area contributed by atoms with Gasteiger partial charge < -0.3 is 5.73 Å². The van der Waals surface area contributed by atoms with Crippen LogP contribution in [0.2, 0.25) is 0 Å². The van der Waals surface area contributed by atoms with Gasteiger partial charge in [0.2, 0.25) is 0 Å². The molecular formula is C17H23N. The molecule has 0 aliphatic heterocycles. The Morgan fingerprint density at radius 1 is 0.833 bits per heavy atom. The molecule has 1 unspecified atom stereocenters. The molecule has 2 rings (SSSR count). The van der Waals surface area contributed by atoms with Crippen molar-refractivity contribution in [1.29, 1.82) is 0 Å². The van der Waals surface area contributed by atoms with E-state index in [0.717, 1.165) is 6.42 Å². The minimum Gasteiger partial charge on any atom is -0.328 e. The average molecular weight is 241 g/mol. The lowest BCUT2D eigenvalue weighted by Crippen LogP contribution is -2.17. The Balaban J connectivity index is 0.000000184. The maximum Gasteiger partial charge on any atom is 0.00509 e. The standard InChI is InChI=1S/C9H13N.C8H10/c1-8(10)7-9-5-3-2-4-6-9;1-7-5-3-4-6-8(7)2/h2-6,8H,7,10H2,1H3;3-6H,1-2H3. The van der Waals surface area contributed by atoms with Crippen molar-refractivity contribution in [3.8, 4) is 0 Å². The summed E-state index contributed by atoms with van der Waals surface area (Å²) in [5, 5.41) is 0. The van der Waals surface area contributed by atoms with Gasteiger partial charge in [-0.2, -0.15) is 0 Å². The number of aryl methyl sites for hydroxylation is 2. The summed E-state index contributed by atoms with van der Waals surface area (Å²) in [4.78, 5) is 0. The van der Waals surface area contributed by atoms with Gasteiger partial charge in [-0.1, -0.05) is 54.6 Å². The van der Waals surface area contributed by atoms with Crippen molar-refractivity contribution in [3.63, 3.8) is 0 Å². The second-order valence-electron chi connectivity index (χ2n) is 4.75. The SMILES string of the molecule is CC(N)Cc1ccccc1.Cc1ccccc1C. The van der Waals surface area contributed by atoms with Crippen LogP contribution in [-0.4, -0.2) is 6.04 Å². The molecule has 0 aliphatic carbocycles. The number of hydrogen-bond acceptors (Lipinski definition) is 1. The Bertz CT molecular complexity index is 425. The molecule has 0 saturated heterocycles. The molecule has 2 aromatic rings. The third kappa shape index (κ3) is 5.65. The third-order valence-electron chi connectivity index (χ3n) is 2.83. The van der Waals surface area contributed by atoms with E-state index in [0.29, 0.717) is 0 Å². The molecule has 0 aromatic heterocycles. The van der Waals surface area contributed by atoms with Gasteiger partial charge in [0.1, 0.15) is 0 Å². The van der Waals surface area contributed by atoms with E-state index < -0.39 is 0 Å². The van der Waals surface area contributed by atoms with Gasteiger partial charge in [0.15, 0.2) is 0 Å². The Kier molecular flexibility index (Phi) is 6.16. The quantitative estimate of drug-likeness (QED) is 0.848. The molecule has 0 heterocycles. The Morgan fingerprint density at radius 3 is 1.67 bits per heavy atom. The highest BCUT2D eigenvalue weighted by Crippen LogP contribution is 2.02. The fourth-order valence-electron chi connectivity index (χ4n) is 1.65. The summed E-state index contributed by atoms with van der Waals surface area (Å²) in [6.45, 7) is 6.26. The lowest BCUT2D eigenvalue weighted by molar-refractivity contribution is 0.738. The van der Waals surface area contributed by atoms with Crippen molar-refractivity contribution in [2.24, 2.45) is 5.73 Å². The number of nitrogens with two attached hydrogens (primary N) is 1. The fourth-order valence-corrected chi connectivity index (χ4v) is 1.65. The third-order valence-corrected chi connectivity index (χ3v) is 2.83. The first-order chi connectivity index (χ1) is 8.59. The second kappa shape index (κ2) is 7.67. The first kappa shape index (κ1) is 14.5. The molecule has 1 heteroatoms. The van der Waals surface area contributed by atoms with Gasteiger partial charge in [0.05, 0.1) is 0 Å². The maximum atomic E-state index is 5.62. The molecule has 96 valence electrons. The predicted octanol–water partition coefficient (Wildman–Crippen LogP) is 3.88. The molecule has 0 radical (unpaired) electrons. The van der Waals surface area contributed by atoms with Crippen LogP contribution in [0.3, 0.4) is 0 Å². The molecule has 0 fully saturated rings. The van der Waals surface area contributed by atoms with Crippen LogP contribution in [0.1, 0.15) is 23.6 Å². The van der Waals surface area contributed by atoms with Crippen LogP contribution in [0.5, 0.6) is 0 Å². The summed E-state index contributed by atoms with van der Waals surface area (Å²) in [5.74, 6) is 0. The van der Waals surface area contributed by atoms with Gasteiger partial charge >= 0.3 is 0 Å². The van der Waals surface area contributed by atoms with E-state index in [9.17, 15) is 0 Å². The lowest BCUT2D eigenvalue weighted by atomic mass is 10.1. The molecule has 0 bridgehead atoms. The van der Waals surface area contributed by atoms with E-state index in [1.807, 2.05) is 25.1 Å². The molecule has 2 N–H and O–H groups in total. The summed E-state index contributed by atoms with van der Waals surface area (Å²) in [7, 11) is 0. The number of rotatable bonds is 2. The minimum absolute atomic E-state index is 0.266. The number of hydrogen-bond donors (Lipinski definition) is 1. The maximum absolute atomic E-state index is 5.62. The molecule has 18 heavy (non-hydrogen) atoms. The molecule has 1 atom stereocenters. The molecular weight excluding hydrogens is 218 g/mol. The molecule has 0 spiro atoms. The van der Waals surface area contributed by atoms with Crippen molar-refractivity contribution in [3.05, 3.63) is 71.3 Å². The topological polar surface area (TPSA) is 26.0 Å². The van der Waals surface area contributed by atoms with Crippen molar-refractivity contribution < 1.29 is 0 Å². The van der Waals surface area contributed by atoms with Gasteiger partial charge in [-0.25, -0.2) is 0 Å². The van der Waals surface area contributed by atoms with Gasteiger partial charge in [-0.15, -0.1) is 0 Å². The summed E-state index contributed by atoms with van der Waals surface area (Å²) in [5.41, 5.74) is 9.68. The van der Waals surface area contributed by atoms with Crippen LogP contribution < -0.4 is 5.73 Å². The Morgan fingerprint density at radius 2 is 1.28 bits per heavy atom. The summed E-state index contributed by atoms with van der Waals surface area (Å²) in [6, 6.07) is 18.9. The first-order valence-corrected chi connectivity index (χ1v) is 6.41. The van der Waals surface area contributed by atoms with Gasteiger partial charge in [0.25, 0.3) is 0 Å². The Hall–Kier alpha value is -1.60. The van der Waals surface area contributed by atoms with Crippen LogP contribution in [0.4, 0.5) is 0 Å². The van der Waals surface area contributed by atoms with Gasteiger partial charge in [0, 0.05) is 6.04 Å². The Labute approximate surface area is 111 Å². The molecule has 0 saturated carbocycles. The van der Waals surface area contributed by atoms with Crippen molar-refractivity contribution in [2.45, 2.75) is 33.2 Å². The summed E-state index contributed by atoms with van der Waals surface area (Å²) >= 11 is 0. The van der Waals surface area contributed by atoms with Crippen LogP contribution in [0.25, 0.3) is 0 Å². The zero-order valence-corrected chi connectivity index (χ0v) is 11.6. The number of benzene rings is 2. The molecule has 0 amide bonds. The molecule has 0 aliphatic rings.